The second-order valence-corrected chi connectivity index (χ2v) is 10.7. The van der Waals surface area contributed by atoms with E-state index in [0.29, 0.717) is 12.5 Å². The average molecular weight is 250 g/mol. The maximum Gasteiger partial charge on any atom is 0.129 e. The van der Waals surface area contributed by atoms with Gasteiger partial charge in [0.05, 0.1) is 6.61 Å². The van der Waals surface area contributed by atoms with Crippen LogP contribution in [-0.2, 0) is 4.74 Å². The minimum atomic E-state index is -1.29. The molecule has 17 heavy (non-hydrogen) atoms. The smallest absolute Gasteiger partial charge is 0.129 e. The summed E-state index contributed by atoms with van der Waals surface area (Å²) in [5.74, 6) is 4.05. The normalized spacial score (nSPS) is 19.2. The molecule has 0 spiro atoms. The molecule has 0 amide bonds. The molecule has 0 aromatic carbocycles. The monoisotopic (exact) mass is 250 g/mol. The summed E-state index contributed by atoms with van der Waals surface area (Å²) < 4.78 is 5.86. The molecule has 1 aliphatic rings. The van der Waals surface area contributed by atoms with Crippen LogP contribution in [0.2, 0.25) is 19.6 Å². The molecule has 1 unspecified atom stereocenters. The van der Waals surface area contributed by atoms with E-state index >= 15 is 0 Å². The predicted octanol–water partition coefficient (Wildman–Crippen LogP) is 4.02. The molecule has 2 heteroatoms. The SMILES string of the molecule is C=CCOC(C#C[Si](C)(C)C)C1CCCCC1. The van der Waals surface area contributed by atoms with Crippen molar-refractivity contribution in [1.82, 2.24) is 0 Å². The minimum absolute atomic E-state index is 0.139. The number of rotatable bonds is 4. The average Bonchev–Trinajstić information content (AvgIpc) is 2.29. The lowest BCUT2D eigenvalue weighted by Crippen LogP contribution is -2.26. The van der Waals surface area contributed by atoms with Crippen molar-refractivity contribution >= 4 is 8.07 Å². The Hall–Kier alpha value is -0.523. The quantitative estimate of drug-likeness (QED) is 0.416. The summed E-state index contributed by atoms with van der Waals surface area (Å²) >= 11 is 0. The molecule has 0 aromatic heterocycles. The van der Waals surface area contributed by atoms with E-state index in [1.54, 1.807) is 0 Å². The molecular weight excluding hydrogens is 224 g/mol. The third-order valence-electron chi connectivity index (χ3n) is 3.06. The van der Waals surface area contributed by atoms with E-state index < -0.39 is 8.07 Å². The number of hydrogen-bond acceptors (Lipinski definition) is 1. The fourth-order valence-corrected chi connectivity index (χ4v) is 2.77. The predicted molar refractivity (Wildman–Crippen MR) is 77.6 cm³/mol. The molecule has 0 heterocycles. The third kappa shape index (κ3) is 6.09. The van der Waals surface area contributed by atoms with Crippen LogP contribution in [0.4, 0.5) is 0 Å². The zero-order valence-electron chi connectivity index (χ0n) is 11.6. The highest BCUT2D eigenvalue weighted by Crippen LogP contribution is 2.27. The van der Waals surface area contributed by atoms with Crippen molar-refractivity contribution in [3.05, 3.63) is 12.7 Å². The van der Waals surface area contributed by atoms with Gasteiger partial charge in [-0.3, -0.25) is 0 Å². The highest BCUT2D eigenvalue weighted by molar-refractivity contribution is 6.83. The van der Waals surface area contributed by atoms with Crippen LogP contribution >= 0.6 is 0 Å². The first-order valence-corrected chi connectivity index (χ1v) is 10.3. The van der Waals surface area contributed by atoms with Crippen molar-refractivity contribution in [3.8, 4) is 11.5 Å². The van der Waals surface area contributed by atoms with Crippen molar-refractivity contribution in [2.45, 2.75) is 57.8 Å². The van der Waals surface area contributed by atoms with Crippen LogP contribution < -0.4 is 0 Å². The Morgan fingerprint density at radius 2 is 1.94 bits per heavy atom. The molecule has 96 valence electrons. The highest BCUT2D eigenvalue weighted by atomic mass is 28.3. The Bertz CT molecular complexity index is 286. The van der Waals surface area contributed by atoms with E-state index in [2.05, 4.69) is 37.7 Å². The summed E-state index contributed by atoms with van der Waals surface area (Å²) in [6, 6.07) is 0. The Kier molecular flexibility index (Phi) is 6.01. The van der Waals surface area contributed by atoms with Gasteiger partial charge in [0.2, 0.25) is 0 Å². The van der Waals surface area contributed by atoms with Gasteiger partial charge in [0.1, 0.15) is 14.2 Å². The largest absolute Gasteiger partial charge is 0.361 e. The first-order valence-electron chi connectivity index (χ1n) is 6.78. The van der Waals surface area contributed by atoms with Gasteiger partial charge in [-0.05, 0) is 18.8 Å². The van der Waals surface area contributed by atoms with E-state index in [9.17, 15) is 0 Å². The number of hydrogen-bond donors (Lipinski definition) is 0. The van der Waals surface area contributed by atoms with Gasteiger partial charge in [0.15, 0.2) is 0 Å². The van der Waals surface area contributed by atoms with Gasteiger partial charge in [-0.1, -0.05) is 50.9 Å². The van der Waals surface area contributed by atoms with E-state index in [0.717, 1.165) is 0 Å². The molecule has 1 aliphatic carbocycles. The Morgan fingerprint density at radius 3 is 2.47 bits per heavy atom. The minimum Gasteiger partial charge on any atom is -0.361 e. The summed E-state index contributed by atoms with van der Waals surface area (Å²) in [6.45, 7) is 11.2. The molecule has 1 rings (SSSR count). The van der Waals surface area contributed by atoms with E-state index in [1.165, 1.54) is 32.1 Å². The molecule has 1 saturated carbocycles. The summed E-state index contributed by atoms with van der Waals surface area (Å²) in [5, 5.41) is 0. The molecule has 0 aromatic rings. The highest BCUT2D eigenvalue weighted by Gasteiger charge is 2.22. The Labute approximate surface area is 108 Å². The maximum absolute atomic E-state index is 5.86. The van der Waals surface area contributed by atoms with Gasteiger partial charge in [-0.15, -0.1) is 12.1 Å². The van der Waals surface area contributed by atoms with E-state index in [1.807, 2.05) is 6.08 Å². The summed E-state index contributed by atoms with van der Waals surface area (Å²) in [5.41, 5.74) is 3.46. The van der Waals surface area contributed by atoms with Gasteiger partial charge in [-0.25, -0.2) is 0 Å². The maximum atomic E-state index is 5.86. The fraction of sp³-hybridized carbons (Fsp3) is 0.733. The van der Waals surface area contributed by atoms with Crippen LogP contribution in [0.1, 0.15) is 32.1 Å². The summed E-state index contributed by atoms with van der Waals surface area (Å²) in [6.07, 6.45) is 8.59. The van der Waals surface area contributed by atoms with Crippen molar-refractivity contribution in [1.29, 1.82) is 0 Å². The number of ether oxygens (including phenoxy) is 1. The van der Waals surface area contributed by atoms with Crippen LogP contribution in [0.25, 0.3) is 0 Å². The molecule has 1 fully saturated rings. The molecular formula is C15H26OSi. The second-order valence-electron chi connectivity index (χ2n) is 5.96. The zero-order chi connectivity index (χ0) is 12.7. The summed E-state index contributed by atoms with van der Waals surface area (Å²) in [4.78, 5) is 0. The van der Waals surface area contributed by atoms with Gasteiger partial charge in [-0.2, -0.15) is 0 Å². The molecule has 0 radical (unpaired) electrons. The molecule has 0 bridgehead atoms. The van der Waals surface area contributed by atoms with Crippen molar-refractivity contribution in [3.63, 3.8) is 0 Å². The molecule has 1 nitrogen and oxygen atoms in total. The zero-order valence-corrected chi connectivity index (χ0v) is 12.6. The van der Waals surface area contributed by atoms with Crippen LogP contribution in [0, 0.1) is 17.4 Å². The van der Waals surface area contributed by atoms with Gasteiger partial charge >= 0.3 is 0 Å². The second kappa shape index (κ2) is 7.03. The van der Waals surface area contributed by atoms with E-state index in [-0.39, 0.29) is 6.10 Å². The standard InChI is InChI=1S/C15H26OSi/c1-5-12-16-15(11-13-17(2,3)4)14-9-7-6-8-10-14/h5,14-15H,1,6-10,12H2,2-4H3. The molecule has 0 saturated heterocycles. The molecule has 0 aliphatic heterocycles. The van der Waals surface area contributed by atoms with Crippen molar-refractivity contribution in [2.24, 2.45) is 5.92 Å². The Balaban J connectivity index is 2.63. The lowest BCUT2D eigenvalue weighted by molar-refractivity contribution is 0.0559. The lowest BCUT2D eigenvalue weighted by atomic mass is 9.85. The first kappa shape index (κ1) is 14.5. The van der Waals surface area contributed by atoms with E-state index in [4.69, 9.17) is 4.74 Å². The lowest BCUT2D eigenvalue weighted by Gasteiger charge is -2.27. The fourth-order valence-electron chi connectivity index (χ4n) is 2.19. The van der Waals surface area contributed by atoms with Crippen LogP contribution in [0.15, 0.2) is 12.7 Å². The third-order valence-corrected chi connectivity index (χ3v) is 3.96. The van der Waals surface area contributed by atoms with Gasteiger partial charge in [0, 0.05) is 0 Å². The van der Waals surface area contributed by atoms with Crippen molar-refractivity contribution in [2.75, 3.05) is 6.61 Å². The Morgan fingerprint density at radius 1 is 1.29 bits per heavy atom. The van der Waals surface area contributed by atoms with Crippen LogP contribution in [-0.4, -0.2) is 20.8 Å². The van der Waals surface area contributed by atoms with Gasteiger partial charge < -0.3 is 4.74 Å². The van der Waals surface area contributed by atoms with Gasteiger partial charge in [0.25, 0.3) is 0 Å². The van der Waals surface area contributed by atoms with Crippen LogP contribution in [0.3, 0.4) is 0 Å². The van der Waals surface area contributed by atoms with Crippen molar-refractivity contribution < 1.29 is 4.74 Å². The first-order chi connectivity index (χ1) is 8.03. The summed E-state index contributed by atoms with van der Waals surface area (Å²) in [7, 11) is -1.29. The molecule has 0 N–H and O–H groups in total. The molecule has 1 atom stereocenters. The van der Waals surface area contributed by atoms with Crippen LogP contribution in [0.5, 0.6) is 0 Å². The topological polar surface area (TPSA) is 9.23 Å².